The second-order valence-corrected chi connectivity index (χ2v) is 6.13. The van der Waals surface area contributed by atoms with Gasteiger partial charge in [-0.05, 0) is 0 Å². The van der Waals surface area contributed by atoms with Gasteiger partial charge >= 0.3 is 15.4 Å². The lowest BCUT2D eigenvalue weighted by atomic mass is 10.9. The van der Waals surface area contributed by atoms with Gasteiger partial charge in [-0.15, -0.1) is 0 Å². The summed E-state index contributed by atoms with van der Waals surface area (Å²) in [7, 11) is -6.63. The van der Waals surface area contributed by atoms with Gasteiger partial charge in [0.05, 0.1) is 0 Å². The number of rotatable bonds is 4. The Bertz CT molecular complexity index is 188. The van der Waals surface area contributed by atoms with Crippen molar-refractivity contribution in [3.63, 3.8) is 0 Å². The van der Waals surface area contributed by atoms with Crippen molar-refractivity contribution in [2.24, 2.45) is 0 Å². The van der Waals surface area contributed by atoms with Gasteiger partial charge in [-0.1, -0.05) is 4.57 Å². The summed E-state index contributed by atoms with van der Waals surface area (Å²) in [5.41, 5.74) is 0. The Morgan fingerprint density at radius 1 is 1.55 bits per heavy atom. The Hall–Kier alpha value is 0.560. The van der Waals surface area contributed by atoms with Crippen LogP contribution >= 0.6 is 28.0 Å². The topological polar surface area (TPSA) is 94.8 Å². The fourth-order valence-electron chi connectivity index (χ4n) is 0.459. The summed E-state index contributed by atoms with van der Waals surface area (Å²) in [4.78, 5) is 17.1. The van der Waals surface area contributed by atoms with Gasteiger partial charge in [0.1, 0.15) is 0 Å². The zero-order valence-electron chi connectivity index (χ0n) is 5.49. The molecule has 0 spiro atoms. The average Bonchev–Trinajstić information content (AvgIpc) is 1.86. The summed E-state index contributed by atoms with van der Waals surface area (Å²) in [5, 5.41) is 7.01. The predicted molar refractivity (Wildman–Crippen MR) is 44.4 cm³/mol. The van der Waals surface area contributed by atoms with Crippen LogP contribution in [0.25, 0.3) is 0 Å². The molecule has 0 bridgehead atoms. The van der Waals surface area contributed by atoms with E-state index in [4.69, 9.17) is 14.9 Å². The number of aliphatic hydroxyl groups excluding tert-OH is 1. The summed E-state index contributed by atoms with van der Waals surface area (Å²) < 4.78 is 21.3. The number of aliphatic hydroxyl groups is 1. The van der Waals surface area contributed by atoms with Crippen molar-refractivity contribution in [2.45, 2.75) is 5.40 Å². The van der Waals surface area contributed by atoms with Gasteiger partial charge in [0, 0.05) is 5.75 Å². The van der Waals surface area contributed by atoms with Gasteiger partial charge in [-0.25, -0.2) is 0 Å². The van der Waals surface area contributed by atoms with E-state index in [0.717, 1.165) is 0 Å². The third-order valence-corrected chi connectivity index (χ3v) is 5.73. The van der Waals surface area contributed by atoms with E-state index in [1.165, 1.54) is 0 Å². The van der Waals surface area contributed by atoms with Crippen molar-refractivity contribution in [1.82, 2.24) is 0 Å². The first-order valence-electron chi connectivity index (χ1n) is 2.64. The second-order valence-electron chi connectivity index (χ2n) is 1.81. The Morgan fingerprint density at radius 3 is 2.09 bits per heavy atom. The molecular formula is C3H9O5P2S+. The Kier molecular flexibility index (Phi) is 4.78. The monoisotopic (exact) mass is 219 g/mol. The molecule has 0 aromatic heterocycles. The van der Waals surface area contributed by atoms with Crippen molar-refractivity contribution in [3.8, 4) is 0 Å². The van der Waals surface area contributed by atoms with E-state index in [2.05, 4.69) is 12.6 Å². The van der Waals surface area contributed by atoms with Crippen LogP contribution in [0.2, 0.25) is 0 Å². The minimum atomic E-state index is -4.37. The first-order valence-corrected chi connectivity index (χ1v) is 6.47. The average molecular weight is 219 g/mol. The normalized spacial score (nSPS) is 16.2. The molecule has 11 heavy (non-hydrogen) atoms. The Balaban J connectivity index is 4.42. The molecule has 3 N–H and O–H groups in total. The Labute approximate surface area is 70.2 Å². The van der Waals surface area contributed by atoms with Crippen LogP contribution in [0, 0.1) is 0 Å². The van der Waals surface area contributed by atoms with Gasteiger partial charge in [0.15, 0.2) is 0 Å². The molecule has 0 heterocycles. The van der Waals surface area contributed by atoms with Gasteiger partial charge in [-0.3, -0.25) is 4.57 Å². The highest BCUT2D eigenvalue weighted by Gasteiger charge is 2.43. The van der Waals surface area contributed by atoms with Crippen LogP contribution < -0.4 is 0 Å². The van der Waals surface area contributed by atoms with Crippen LogP contribution in [0.1, 0.15) is 0 Å². The maximum absolute atomic E-state index is 10.7. The van der Waals surface area contributed by atoms with Gasteiger partial charge < -0.3 is 14.9 Å². The van der Waals surface area contributed by atoms with Crippen molar-refractivity contribution < 1.29 is 24.0 Å². The smallest absolute Gasteiger partial charge is 0.353 e. The SMILES string of the molecule is O=[P+](CO)C(CS)P(=O)(O)O. The number of hydrogen-bond donors (Lipinski definition) is 4. The molecule has 2 atom stereocenters. The fraction of sp³-hybridized carbons (Fsp3) is 1.00. The van der Waals surface area contributed by atoms with Crippen LogP contribution in [0.5, 0.6) is 0 Å². The van der Waals surface area contributed by atoms with Crippen molar-refractivity contribution in [2.75, 3.05) is 12.1 Å². The summed E-state index contributed by atoms with van der Waals surface area (Å²) in [6.07, 6.45) is -0.717. The second kappa shape index (κ2) is 4.55. The van der Waals surface area contributed by atoms with E-state index >= 15 is 0 Å². The van der Waals surface area contributed by atoms with Crippen molar-refractivity contribution in [3.05, 3.63) is 0 Å². The van der Waals surface area contributed by atoms with E-state index in [1.807, 2.05) is 0 Å². The lowest BCUT2D eigenvalue weighted by molar-refractivity contribution is 0.354. The highest BCUT2D eigenvalue weighted by Crippen LogP contribution is 2.53. The minimum absolute atomic E-state index is 0.194. The lowest BCUT2D eigenvalue weighted by Crippen LogP contribution is -2.06. The molecule has 0 aliphatic carbocycles. The Morgan fingerprint density at radius 2 is 2.00 bits per heavy atom. The van der Waals surface area contributed by atoms with Crippen LogP contribution in [0.15, 0.2) is 0 Å². The first kappa shape index (κ1) is 11.6. The van der Waals surface area contributed by atoms with Gasteiger partial charge in [0.25, 0.3) is 5.40 Å². The molecule has 0 saturated heterocycles. The van der Waals surface area contributed by atoms with E-state index in [0.29, 0.717) is 0 Å². The summed E-state index contributed by atoms with van der Waals surface area (Å²) in [6.45, 7) is 0. The molecular weight excluding hydrogens is 210 g/mol. The quantitative estimate of drug-likeness (QED) is 0.400. The largest absolute Gasteiger partial charge is 0.383 e. The van der Waals surface area contributed by atoms with E-state index < -0.39 is 27.1 Å². The zero-order chi connectivity index (χ0) is 9.07. The molecule has 0 radical (unpaired) electrons. The molecule has 0 saturated carbocycles. The summed E-state index contributed by atoms with van der Waals surface area (Å²) >= 11 is 3.62. The fourth-order valence-corrected chi connectivity index (χ4v) is 3.79. The molecule has 0 aromatic carbocycles. The highest BCUT2D eigenvalue weighted by atomic mass is 32.1. The molecule has 0 aliphatic heterocycles. The van der Waals surface area contributed by atoms with Crippen LogP contribution in [-0.4, -0.2) is 32.4 Å². The van der Waals surface area contributed by atoms with Gasteiger partial charge in [0.2, 0.25) is 6.35 Å². The maximum Gasteiger partial charge on any atom is 0.383 e. The summed E-state index contributed by atoms with van der Waals surface area (Å²) in [5.74, 6) is -0.194. The third-order valence-electron chi connectivity index (χ3n) is 1.02. The molecule has 0 rings (SSSR count). The molecule has 0 amide bonds. The number of thiol groups is 1. The minimum Gasteiger partial charge on any atom is -0.353 e. The van der Waals surface area contributed by atoms with Gasteiger partial charge in [-0.2, -0.15) is 12.6 Å². The molecule has 0 fully saturated rings. The summed E-state index contributed by atoms with van der Waals surface area (Å²) in [6, 6.07) is 0. The first-order chi connectivity index (χ1) is 4.93. The maximum atomic E-state index is 10.7. The van der Waals surface area contributed by atoms with Crippen LogP contribution in [0.3, 0.4) is 0 Å². The number of hydrogen-bond acceptors (Lipinski definition) is 4. The molecule has 0 aliphatic rings. The van der Waals surface area contributed by atoms with Crippen molar-refractivity contribution in [1.29, 1.82) is 0 Å². The standard InChI is InChI=1S/C3H8O5P2S/c4-2-9(5)3(1-11)10(6,7)8/h3-4H,1-2H2,(H2-,6,7,8,11)/p+1. The molecule has 5 nitrogen and oxygen atoms in total. The highest BCUT2D eigenvalue weighted by molar-refractivity contribution is 7.82. The molecule has 8 heteroatoms. The lowest BCUT2D eigenvalue weighted by Gasteiger charge is -2.04. The molecule has 2 unspecified atom stereocenters. The van der Waals surface area contributed by atoms with E-state index in [1.54, 1.807) is 0 Å². The zero-order valence-corrected chi connectivity index (χ0v) is 8.17. The molecule has 0 aromatic rings. The van der Waals surface area contributed by atoms with Crippen LogP contribution in [0.4, 0.5) is 0 Å². The third kappa shape index (κ3) is 3.65. The molecule has 66 valence electrons. The predicted octanol–water partition coefficient (Wildman–Crippen LogP) is 0.197. The van der Waals surface area contributed by atoms with Crippen LogP contribution in [-0.2, 0) is 9.13 Å². The van der Waals surface area contributed by atoms with E-state index in [9.17, 15) is 9.13 Å². The van der Waals surface area contributed by atoms with E-state index in [-0.39, 0.29) is 5.75 Å². The van der Waals surface area contributed by atoms with Crippen molar-refractivity contribution >= 4 is 28.0 Å².